The Kier molecular flexibility index (Phi) is 4.90. The minimum atomic E-state index is -0.460. The molecule has 1 aromatic carbocycles. The number of hydrogen-bond donors (Lipinski definition) is 2. The highest BCUT2D eigenvalue weighted by Gasteiger charge is 2.23. The lowest BCUT2D eigenvalue weighted by Gasteiger charge is -2.18. The van der Waals surface area contributed by atoms with Crippen LogP contribution >= 0.6 is 0 Å². The second-order valence-corrected chi connectivity index (χ2v) is 5.46. The summed E-state index contributed by atoms with van der Waals surface area (Å²) in [6, 6.07) is 6.55. The van der Waals surface area contributed by atoms with E-state index in [2.05, 4.69) is 5.32 Å². The first-order valence-electron chi connectivity index (χ1n) is 7.15. The van der Waals surface area contributed by atoms with Gasteiger partial charge in [-0.2, -0.15) is 0 Å². The Bertz CT molecular complexity index is 475. The Hall–Kier alpha value is -1.68. The third-order valence-electron chi connectivity index (χ3n) is 3.97. The molecule has 1 aliphatic rings. The van der Waals surface area contributed by atoms with Crippen molar-refractivity contribution < 1.29 is 14.7 Å². The van der Waals surface area contributed by atoms with Gasteiger partial charge in [0.15, 0.2) is 5.78 Å². The van der Waals surface area contributed by atoms with Crippen molar-refractivity contribution in [2.24, 2.45) is 5.92 Å². The summed E-state index contributed by atoms with van der Waals surface area (Å²) in [5, 5.41) is 12.8. The van der Waals surface area contributed by atoms with E-state index in [0.29, 0.717) is 17.0 Å². The maximum Gasteiger partial charge on any atom is 0.251 e. The van der Waals surface area contributed by atoms with Crippen molar-refractivity contribution in [1.29, 1.82) is 0 Å². The normalized spacial score (nSPS) is 16.9. The summed E-state index contributed by atoms with van der Waals surface area (Å²) in [6.07, 6.45) is 3.97. The third kappa shape index (κ3) is 3.67. The number of aliphatic hydroxyl groups excluding tert-OH is 1. The van der Waals surface area contributed by atoms with Crippen LogP contribution in [0.1, 0.15) is 53.3 Å². The largest absolute Gasteiger partial charge is 0.391 e. The van der Waals surface area contributed by atoms with E-state index < -0.39 is 6.10 Å². The molecule has 0 saturated heterocycles. The molecule has 1 aliphatic carbocycles. The summed E-state index contributed by atoms with van der Waals surface area (Å²) < 4.78 is 0. The zero-order valence-electron chi connectivity index (χ0n) is 11.8. The Morgan fingerprint density at radius 3 is 2.30 bits per heavy atom. The van der Waals surface area contributed by atoms with Gasteiger partial charge in [-0.3, -0.25) is 9.59 Å². The van der Waals surface area contributed by atoms with E-state index in [1.807, 2.05) is 0 Å². The van der Waals surface area contributed by atoms with E-state index in [1.54, 1.807) is 24.3 Å². The number of aliphatic hydroxyl groups is 1. The molecule has 2 N–H and O–H groups in total. The highest BCUT2D eigenvalue weighted by atomic mass is 16.3. The van der Waals surface area contributed by atoms with Crippen molar-refractivity contribution in [3.8, 4) is 0 Å². The van der Waals surface area contributed by atoms with Gasteiger partial charge in [0, 0.05) is 17.7 Å². The monoisotopic (exact) mass is 275 g/mol. The number of nitrogens with one attached hydrogen (secondary N) is 1. The summed E-state index contributed by atoms with van der Waals surface area (Å²) in [7, 11) is 0. The number of benzene rings is 1. The molecule has 0 aromatic heterocycles. The molecule has 0 aliphatic heterocycles. The second kappa shape index (κ2) is 6.66. The Labute approximate surface area is 119 Å². The topological polar surface area (TPSA) is 66.4 Å². The van der Waals surface area contributed by atoms with Gasteiger partial charge in [0.1, 0.15) is 0 Å². The number of amides is 1. The predicted octanol–water partition coefficient (Wildman–Crippen LogP) is 2.17. The van der Waals surface area contributed by atoms with Crippen molar-refractivity contribution in [2.45, 2.75) is 38.7 Å². The van der Waals surface area contributed by atoms with Crippen LogP contribution in [0.5, 0.6) is 0 Å². The summed E-state index contributed by atoms with van der Waals surface area (Å²) >= 11 is 0. The number of ketones is 1. The van der Waals surface area contributed by atoms with Crippen molar-refractivity contribution in [3.63, 3.8) is 0 Å². The first-order chi connectivity index (χ1) is 9.58. The Balaban J connectivity index is 1.86. The molecule has 0 radical (unpaired) electrons. The lowest BCUT2D eigenvalue weighted by molar-refractivity contribution is 0.0840. The number of rotatable bonds is 5. The smallest absolute Gasteiger partial charge is 0.251 e. The van der Waals surface area contributed by atoms with E-state index in [1.165, 1.54) is 19.8 Å². The van der Waals surface area contributed by atoms with Crippen LogP contribution in [0.4, 0.5) is 0 Å². The van der Waals surface area contributed by atoms with Crippen molar-refractivity contribution in [2.75, 3.05) is 6.54 Å². The van der Waals surface area contributed by atoms with Gasteiger partial charge < -0.3 is 10.4 Å². The molecule has 4 nitrogen and oxygen atoms in total. The van der Waals surface area contributed by atoms with Crippen LogP contribution in [0, 0.1) is 5.92 Å². The SMILES string of the molecule is CC(=O)c1ccc(C(=O)NCC(O)C2CCCC2)cc1. The molecule has 0 bridgehead atoms. The number of carbonyl (C=O) groups excluding carboxylic acids is 2. The zero-order valence-corrected chi connectivity index (χ0v) is 11.8. The van der Waals surface area contributed by atoms with E-state index in [4.69, 9.17) is 0 Å². The van der Waals surface area contributed by atoms with Gasteiger partial charge in [0.25, 0.3) is 5.91 Å². The molecule has 1 fully saturated rings. The van der Waals surface area contributed by atoms with Gasteiger partial charge in [-0.05, 0) is 37.8 Å². The van der Waals surface area contributed by atoms with Crippen molar-refractivity contribution >= 4 is 11.7 Å². The molecule has 1 unspecified atom stereocenters. The minimum absolute atomic E-state index is 0.0198. The van der Waals surface area contributed by atoms with Gasteiger partial charge in [0.05, 0.1) is 6.10 Å². The van der Waals surface area contributed by atoms with Gasteiger partial charge >= 0.3 is 0 Å². The Morgan fingerprint density at radius 2 is 1.75 bits per heavy atom. The van der Waals surface area contributed by atoms with Crippen LogP contribution < -0.4 is 5.32 Å². The molecule has 1 aromatic rings. The fraction of sp³-hybridized carbons (Fsp3) is 0.500. The Morgan fingerprint density at radius 1 is 1.20 bits per heavy atom. The van der Waals surface area contributed by atoms with Crippen LogP contribution in [-0.4, -0.2) is 29.4 Å². The van der Waals surface area contributed by atoms with Crippen LogP contribution in [0.3, 0.4) is 0 Å². The molecule has 2 rings (SSSR count). The average molecular weight is 275 g/mol. The maximum absolute atomic E-state index is 11.9. The molecule has 108 valence electrons. The molecule has 1 amide bonds. The fourth-order valence-corrected chi connectivity index (χ4v) is 2.66. The van der Waals surface area contributed by atoms with Gasteiger partial charge in [-0.1, -0.05) is 25.0 Å². The maximum atomic E-state index is 11.9. The zero-order chi connectivity index (χ0) is 14.5. The van der Waals surface area contributed by atoms with Crippen molar-refractivity contribution in [3.05, 3.63) is 35.4 Å². The van der Waals surface area contributed by atoms with Crippen LogP contribution in [0.25, 0.3) is 0 Å². The van der Waals surface area contributed by atoms with E-state index in [0.717, 1.165) is 12.8 Å². The standard InChI is InChI=1S/C16H21NO3/c1-11(18)12-6-8-14(9-7-12)16(20)17-10-15(19)13-4-2-3-5-13/h6-9,13,15,19H,2-5,10H2,1H3,(H,17,20). The molecule has 4 heteroatoms. The average Bonchev–Trinajstić information content (AvgIpc) is 2.98. The van der Waals surface area contributed by atoms with E-state index in [-0.39, 0.29) is 18.2 Å². The number of carbonyl (C=O) groups is 2. The molecule has 0 spiro atoms. The fourth-order valence-electron chi connectivity index (χ4n) is 2.66. The summed E-state index contributed by atoms with van der Waals surface area (Å²) in [4.78, 5) is 23.1. The van der Waals surface area contributed by atoms with Gasteiger partial charge in [-0.25, -0.2) is 0 Å². The molecule has 20 heavy (non-hydrogen) atoms. The second-order valence-electron chi connectivity index (χ2n) is 5.46. The minimum Gasteiger partial charge on any atom is -0.391 e. The highest BCUT2D eigenvalue weighted by Crippen LogP contribution is 2.27. The molecule has 1 saturated carbocycles. The summed E-state index contributed by atoms with van der Waals surface area (Å²) in [6.45, 7) is 1.78. The lowest BCUT2D eigenvalue weighted by Crippen LogP contribution is -2.35. The van der Waals surface area contributed by atoms with Gasteiger partial charge in [0.2, 0.25) is 0 Å². The lowest BCUT2D eigenvalue weighted by atomic mass is 10.0. The molecular formula is C16H21NO3. The summed E-state index contributed by atoms with van der Waals surface area (Å²) in [5.41, 5.74) is 1.10. The number of hydrogen-bond acceptors (Lipinski definition) is 3. The van der Waals surface area contributed by atoms with E-state index in [9.17, 15) is 14.7 Å². The van der Waals surface area contributed by atoms with Crippen LogP contribution in [-0.2, 0) is 0 Å². The highest BCUT2D eigenvalue weighted by molar-refractivity contribution is 5.97. The molecule has 1 atom stereocenters. The first-order valence-corrected chi connectivity index (χ1v) is 7.15. The van der Waals surface area contributed by atoms with Crippen LogP contribution in [0.2, 0.25) is 0 Å². The summed E-state index contributed by atoms with van der Waals surface area (Å²) in [5.74, 6) is 0.0844. The van der Waals surface area contributed by atoms with Gasteiger partial charge in [-0.15, -0.1) is 0 Å². The van der Waals surface area contributed by atoms with Crippen LogP contribution in [0.15, 0.2) is 24.3 Å². The van der Waals surface area contributed by atoms with E-state index >= 15 is 0 Å². The molecular weight excluding hydrogens is 254 g/mol. The third-order valence-corrected chi connectivity index (χ3v) is 3.97. The molecule has 0 heterocycles. The predicted molar refractivity (Wildman–Crippen MR) is 76.7 cm³/mol. The quantitative estimate of drug-likeness (QED) is 0.809. The number of Topliss-reactive ketones (excluding diaryl/α,β-unsaturated/α-hetero) is 1. The first kappa shape index (κ1) is 14.7. The van der Waals surface area contributed by atoms with Crippen molar-refractivity contribution in [1.82, 2.24) is 5.32 Å².